The van der Waals surface area contributed by atoms with Crippen LogP contribution in [0, 0.1) is 6.92 Å². The first-order valence-corrected chi connectivity index (χ1v) is 10.2. The molecule has 0 unspecified atom stereocenters. The molecule has 148 valence electrons. The Hall–Kier alpha value is -3.06. The topological polar surface area (TPSA) is 81.7 Å². The molecule has 2 aromatic carbocycles. The second-order valence-corrected chi connectivity index (χ2v) is 7.51. The lowest BCUT2D eigenvalue weighted by Gasteiger charge is -2.16. The number of rotatable bonds is 9. The van der Waals surface area contributed by atoms with Crippen LogP contribution in [-0.2, 0) is 19.6 Å². The zero-order chi connectivity index (χ0) is 20.6. The van der Waals surface area contributed by atoms with E-state index >= 15 is 0 Å². The maximum absolute atomic E-state index is 12.8. The maximum atomic E-state index is 12.8. The van der Waals surface area contributed by atoms with Crippen LogP contribution in [0.2, 0.25) is 0 Å². The van der Waals surface area contributed by atoms with Gasteiger partial charge in [-0.3, -0.25) is 4.72 Å². The van der Waals surface area contributed by atoms with E-state index in [0.717, 1.165) is 11.6 Å². The van der Waals surface area contributed by atoms with Crippen molar-refractivity contribution >= 4 is 21.7 Å². The number of hydrogen-bond acceptors (Lipinski definition) is 5. The van der Waals surface area contributed by atoms with E-state index in [9.17, 15) is 13.2 Å². The highest BCUT2D eigenvalue weighted by Gasteiger charge is 2.20. The maximum Gasteiger partial charge on any atom is 0.332 e. The lowest BCUT2D eigenvalue weighted by molar-refractivity contribution is -0.137. The van der Waals surface area contributed by atoms with E-state index in [2.05, 4.69) is 11.3 Å². The molecule has 0 amide bonds. The fraction of sp³-hybridized carbons (Fsp3) is 0.190. The average molecular weight is 401 g/mol. The third kappa shape index (κ3) is 5.72. The first-order valence-electron chi connectivity index (χ1n) is 8.68. The minimum atomic E-state index is -3.92. The van der Waals surface area contributed by atoms with Crippen molar-refractivity contribution in [1.82, 2.24) is 4.72 Å². The van der Waals surface area contributed by atoms with Gasteiger partial charge in [0.1, 0.15) is 12.4 Å². The molecule has 0 aromatic heterocycles. The average Bonchev–Trinajstić information content (AvgIpc) is 2.66. The van der Waals surface area contributed by atoms with E-state index < -0.39 is 16.0 Å². The summed E-state index contributed by atoms with van der Waals surface area (Å²) < 4.78 is 38.7. The van der Waals surface area contributed by atoms with Crippen LogP contribution in [0.5, 0.6) is 5.75 Å². The van der Waals surface area contributed by atoms with Crippen LogP contribution in [0.25, 0.3) is 5.70 Å². The fourth-order valence-electron chi connectivity index (χ4n) is 2.35. The van der Waals surface area contributed by atoms with Gasteiger partial charge in [0.2, 0.25) is 0 Å². The molecule has 0 aliphatic rings. The van der Waals surface area contributed by atoms with Gasteiger partial charge in [-0.1, -0.05) is 42.5 Å². The quantitative estimate of drug-likeness (QED) is 0.395. The van der Waals surface area contributed by atoms with Crippen molar-refractivity contribution in [3.05, 3.63) is 78.4 Å². The number of sulfonamides is 1. The van der Waals surface area contributed by atoms with Crippen molar-refractivity contribution in [3.63, 3.8) is 0 Å². The molecule has 0 saturated heterocycles. The van der Waals surface area contributed by atoms with Gasteiger partial charge in [0, 0.05) is 11.6 Å². The zero-order valence-electron chi connectivity index (χ0n) is 15.8. The lowest BCUT2D eigenvalue weighted by atomic mass is 10.1. The Labute approximate surface area is 165 Å². The Morgan fingerprint density at radius 1 is 1.14 bits per heavy atom. The molecule has 0 spiro atoms. The minimum Gasteiger partial charge on any atom is -0.489 e. The molecule has 6 nitrogen and oxygen atoms in total. The van der Waals surface area contributed by atoms with Gasteiger partial charge in [0.15, 0.2) is 0 Å². The molecule has 0 aliphatic heterocycles. The summed E-state index contributed by atoms with van der Waals surface area (Å²) in [6.07, 6.45) is 2.67. The molecular weight excluding hydrogens is 378 g/mol. The number of hydrogen-bond donors (Lipinski definition) is 1. The number of benzene rings is 2. The van der Waals surface area contributed by atoms with Crippen LogP contribution in [0.1, 0.15) is 18.1 Å². The number of carbonyl (C=O) groups excluding carboxylic acids is 1. The van der Waals surface area contributed by atoms with Gasteiger partial charge < -0.3 is 9.47 Å². The molecule has 0 bridgehead atoms. The molecule has 7 heteroatoms. The zero-order valence-corrected chi connectivity index (χ0v) is 16.7. The second kappa shape index (κ2) is 9.75. The third-order valence-corrected chi connectivity index (χ3v) is 5.04. The van der Waals surface area contributed by atoms with E-state index in [1.165, 1.54) is 12.1 Å². The SMILES string of the molecule is C=CCOc1ccccc1/C(=C/C(=O)OCC)NS(=O)(=O)c1ccc(C)cc1. The van der Waals surface area contributed by atoms with Crippen LogP contribution >= 0.6 is 0 Å². The molecule has 0 aliphatic carbocycles. The Morgan fingerprint density at radius 2 is 1.82 bits per heavy atom. The lowest BCUT2D eigenvalue weighted by Crippen LogP contribution is -2.23. The number of para-hydroxylation sites is 1. The summed E-state index contributed by atoms with van der Waals surface area (Å²) in [5.41, 5.74) is 1.40. The summed E-state index contributed by atoms with van der Waals surface area (Å²) in [5.74, 6) is -0.257. The standard InChI is InChI=1S/C21H23NO5S/c1-4-14-27-20-9-7-6-8-18(20)19(15-21(23)26-5-2)22-28(24,25)17-12-10-16(3)11-13-17/h4,6-13,15,22H,1,5,14H2,2-3H3/b19-15-. The molecule has 0 saturated carbocycles. The van der Waals surface area contributed by atoms with E-state index in [0.29, 0.717) is 11.3 Å². The van der Waals surface area contributed by atoms with Crippen molar-refractivity contribution < 1.29 is 22.7 Å². The van der Waals surface area contributed by atoms with Gasteiger partial charge in [0.25, 0.3) is 10.0 Å². The van der Waals surface area contributed by atoms with Crippen molar-refractivity contribution in [3.8, 4) is 5.75 Å². The first kappa shape index (κ1) is 21.2. The minimum absolute atomic E-state index is 0.0543. The normalized spacial score (nSPS) is 11.6. The highest BCUT2D eigenvalue weighted by Crippen LogP contribution is 2.26. The Balaban J connectivity index is 2.48. The monoisotopic (exact) mass is 401 g/mol. The van der Waals surface area contributed by atoms with Crippen molar-refractivity contribution in [1.29, 1.82) is 0 Å². The third-order valence-electron chi connectivity index (χ3n) is 3.66. The van der Waals surface area contributed by atoms with Gasteiger partial charge in [-0.05, 0) is 38.1 Å². The number of nitrogens with one attached hydrogen (secondary N) is 1. The van der Waals surface area contributed by atoms with Gasteiger partial charge in [-0.25, -0.2) is 13.2 Å². The molecule has 28 heavy (non-hydrogen) atoms. The largest absolute Gasteiger partial charge is 0.489 e. The fourth-order valence-corrected chi connectivity index (χ4v) is 3.42. The van der Waals surface area contributed by atoms with E-state index in [1.54, 1.807) is 49.4 Å². The van der Waals surface area contributed by atoms with Crippen LogP contribution in [-0.4, -0.2) is 27.6 Å². The molecule has 0 atom stereocenters. The first-order chi connectivity index (χ1) is 13.4. The Morgan fingerprint density at radius 3 is 2.46 bits per heavy atom. The van der Waals surface area contributed by atoms with Crippen LogP contribution in [0.4, 0.5) is 0 Å². The number of esters is 1. The smallest absolute Gasteiger partial charge is 0.332 e. The van der Waals surface area contributed by atoms with E-state index in [4.69, 9.17) is 9.47 Å². The summed E-state index contributed by atoms with van der Waals surface area (Å²) in [6.45, 7) is 7.54. The molecule has 2 rings (SSSR count). The summed E-state index contributed by atoms with van der Waals surface area (Å²) in [6, 6.07) is 13.2. The van der Waals surface area contributed by atoms with Gasteiger partial charge >= 0.3 is 5.97 Å². The van der Waals surface area contributed by atoms with Crippen LogP contribution < -0.4 is 9.46 Å². The van der Waals surface area contributed by atoms with Crippen molar-refractivity contribution in [2.24, 2.45) is 0 Å². The molecular formula is C21H23NO5S. The van der Waals surface area contributed by atoms with Crippen LogP contribution in [0.15, 0.2) is 72.2 Å². The number of ether oxygens (including phenoxy) is 2. The molecule has 0 heterocycles. The highest BCUT2D eigenvalue weighted by molar-refractivity contribution is 7.89. The molecule has 2 aromatic rings. The van der Waals surface area contributed by atoms with Gasteiger partial charge in [-0.2, -0.15) is 0 Å². The Bertz CT molecular complexity index is 963. The summed E-state index contributed by atoms with van der Waals surface area (Å²) in [4.78, 5) is 12.1. The molecule has 0 radical (unpaired) electrons. The van der Waals surface area contributed by atoms with Gasteiger partial charge in [-0.15, -0.1) is 0 Å². The van der Waals surface area contributed by atoms with Crippen molar-refractivity contribution in [2.75, 3.05) is 13.2 Å². The number of aryl methyl sites for hydroxylation is 1. The summed E-state index contributed by atoms with van der Waals surface area (Å²) in [7, 11) is -3.92. The van der Waals surface area contributed by atoms with Crippen LogP contribution in [0.3, 0.4) is 0 Å². The van der Waals surface area contributed by atoms with Crippen molar-refractivity contribution in [2.45, 2.75) is 18.7 Å². The summed E-state index contributed by atoms with van der Waals surface area (Å²) >= 11 is 0. The molecule has 1 N–H and O–H groups in total. The molecule has 0 fully saturated rings. The van der Waals surface area contributed by atoms with Gasteiger partial charge in [0.05, 0.1) is 17.2 Å². The highest BCUT2D eigenvalue weighted by atomic mass is 32.2. The Kier molecular flexibility index (Phi) is 7.40. The second-order valence-electron chi connectivity index (χ2n) is 5.82. The number of carbonyl (C=O) groups is 1. The van der Waals surface area contributed by atoms with E-state index in [-0.39, 0.29) is 23.8 Å². The summed E-state index contributed by atoms with van der Waals surface area (Å²) in [5, 5.41) is 0. The predicted molar refractivity (Wildman–Crippen MR) is 108 cm³/mol. The predicted octanol–water partition coefficient (Wildman–Crippen LogP) is 3.44. The van der Waals surface area contributed by atoms with E-state index in [1.807, 2.05) is 6.92 Å².